The van der Waals surface area contributed by atoms with Gasteiger partial charge in [0.25, 0.3) is 0 Å². The van der Waals surface area contributed by atoms with Crippen molar-refractivity contribution in [1.29, 1.82) is 0 Å². The number of carbonyl (C=O) groups excluding carboxylic acids is 1. The standard InChI is InChI=1S/C13H27N3O/c1-10-7-14-11(9-15(5)6)12(17)16(8-10)13(2,3)4/h10-11,14H,7-9H2,1-6H3. The van der Waals surface area contributed by atoms with Gasteiger partial charge in [-0.2, -0.15) is 0 Å². The Morgan fingerprint density at radius 3 is 2.47 bits per heavy atom. The van der Waals surface area contributed by atoms with Gasteiger partial charge in [0.15, 0.2) is 0 Å². The zero-order valence-electron chi connectivity index (χ0n) is 12.1. The summed E-state index contributed by atoms with van der Waals surface area (Å²) in [6.45, 7) is 11.0. The molecule has 1 heterocycles. The molecule has 2 unspecified atom stereocenters. The van der Waals surface area contributed by atoms with E-state index in [1.165, 1.54) is 0 Å². The zero-order chi connectivity index (χ0) is 13.2. The maximum absolute atomic E-state index is 12.5. The molecule has 1 aliphatic rings. The van der Waals surface area contributed by atoms with Gasteiger partial charge in [0.2, 0.25) is 5.91 Å². The van der Waals surface area contributed by atoms with Crippen molar-refractivity contribution in [2.24, 2.45) is 5.92 Å². The fraction of sp³-hybridized carbons (Fsp3) is 0.923. The Kier molecular flexibility index (Phi) is 4.55. The molecule has 1 rings (SSSR count). The van der Waals surface area contributed by atoms with Gasteiger partial charge in [0.05, 0.1) is 6.04 Å². The lowest BCUT2D eigenvalue weighted by atomic mass is 10.0. The van der Waals surface area contributed by atoms with Crippen LogP contribution < -0.4 is 5.32 Å². The predicted molar refractivity (Wildman–Crippen MR) is 71.0 cm³/mol. The third-order valence-corrected chi connectivity index (χ3v) is 3.13. The summed E-state index contributed by atoms with van der Waals surface area (Å²) in [4.78, 5) is 16.6. The molecule has 4 heteroatoms. The smallest absolute Gasteiger partial charge is 0.241 e. The van der Waals surface area contributed by atoms with Crippen molar-refractivity contribution in [3.63, 3.8) is 0 Å². The minimum Gasteiger partial charge on any atom is -0.336 e. The lowest BCUT2D eigenvalue weighted by Crippen LogP contribution is -2.54. The second-order valence-corrected chi connectivity index (χ2v) is 6.45. The van der Waals surface area contributed by atoms with E-state index in [1.807, 2.05) is 19.0 Å². The largest absolute Gasteiger partial charge is 0.336 e. The molecule has 1 aliphatic heterocycles. The fourth-order valence-electron chi connectivity index (χ4n) is 2.20. The first kappa shape index (κ1) is 14.5. The number of hydrogen-bond acceptors (Lipinski definition) is 3. The highest BCUT2D eigenvalue weighted by Crippen LogP contribution is 2.19. The number of likely N-dealkylation sites (N-methyl/N-ethyl adjacent to an activating group) is 1. The average Bonchev–Trinajstić information content (AvgIpc) is 2.29. The first-order valence-electron chi connectivity index (χ1n) is 6.41. The third-order valence-electron chi connectivity index (χ3n) is 3.13. The van der Waals surface area contributed by atoms with E-state index in [1.54, 1.807) is 0 Å². The molecular formula is C13H27N3O. The van der Waals surface area contributed by atoms with Crippen LogP contribution in [0.4, 0.5) is 0 Å². The number of carbonyl (C=O) groups is 1. The second kappa shape index (κ2) is 5.36. The molecule has 100 valence electrons. The van der Waals surface area contributed by atoms with E-state index in [9.17, 15) is 4.79 Å². The number of nitrogens with one attached hydrogen (secondary N) is 1. The molecule has 0 bridgehead atoms. The molecule has 0 aliphatic carbocycles. The maximum Gasteiger partial charge on any atom is 0.241 e. The number of nitrogens with zero attached hydrogens (tertiary/aromatic N) is 2. The van der Waals surface area contributed by atoms with Crippen molar-refractivity contribution in [3.05, 3.63) is 0 Å². The average molecular weight is 241 g/mol. The van der Waals surface area contributed by atoms with Gasteiger partial charge in [-0.25, -0.2) is 0 Å². The number of rotatable bonds is 2. The normalized spacial score (nSPS) is 27.5. The summed E-state index contributed by atoms with van der Waals surface area (Å²) in [5, 5.41) is 3.38. The summed E-state index contributed by atoms with van der Waals surface area (Å²) in [7, 11) is 4.01. The molecule has 4 nitrogen and oxygen atoms in total. The zero-order valence-corrected chi connectivity index (χ0v) is 12.1. The summed E-state index contributed by atoms with van der Waals surface area (Å²) in [6.07, 6.45) is 0. The van der Waals surface area contributed by atoms with E-state index in [-0.39, 0.29) is 17.5 Å². The minimum atomic E-state index is -0.0953. The molecule has 0 aromatic rings. The molecule has 1 amide bonds. The monoisotopic (exact) mass is 241 g/mol. The Hall–Kier alpha value is -0.610. The third kappa shape index (κ3) is 3.96. The summed E-state index contributed by atoms with van der Waals surface area (Å²) in [6, 6.07) is -0.0748. The highest BCUT2D eigenvalue weighted by molar-refractivity contribution is 5.83. The van der Waals surface area contributed by atoms with E-state index in [0.29, 0.717) is 5.92 Å². The van der Waals surface area contributed by atoms with Gasteiger partial charge in [-0.3, -0.25) is 4.79 Å². The molecule has 17 heavy (non-hydrogen) atoms. The van der Waals surface area contributed by atoms with Crippen LogP contribution in [0.5, 0.6) is 0 Å². The van der Waals surface area contributed by atoms with Gasteiger partial charge in [-0.1, -0.05) is 6.92 Å². The van der Waals surface area contributed by atoms with Gasteiger partial charge in [0.1, 0.15) is 0 Å². The van der Waals surface area contributed by atoms with Crippen LogP contribution in [0, 0.1) is 5.92 Å². The van der Waals surface area contributed by atoms with Crippen LogP contribution in [0.25, 0.3) is 0 Å². The Balaban J connectivity index is 2.85. The molecule has 1 fully saturated rings. The van der Waals surface area contributed by atoms with Crippen LogP contribution in [-0.2, 0) is 4.79 Å². The first-order chi connectivity index (χ1) is 7.71. The molecule has 0 spiro atoms. The summed E-state index contributed by atoms with van der Waals surface area (Å²) >= 11 is 0. The minimum absolute atomic E-state index is 0.0748. The van der Waals surface area contributed by atoms with Crippen LogP contribution >= 0.6 is 0 Å². The molecule has 1 N–H and O–H groups in total. The van der Waals surface area contributed by atoms with Crippen molar-refractivity contribution in [2.75, 3.05) is 33.7 Å². The number of hydrogen-bond donors (Lipinski definition) is 1. The molecule has 0 aromatic carbocycles. The SMILES string of the molecule is CC1CNC(CN(C)C)C(=O)N(C(C)(C)C)C1. The Morgan fingerprint density at radius 2 is 2.00 bits per heavy atom. The van der Waals surface area contributed by atoms with Crippen molar-refractivity contribution < 1.29 is 4.79 Å². The van der Waals surface area contributed by atoms with Gasteiger partial charge in [-0.15, -0.1) is 0 Å². The van der Waals surface area contributed by atoms with Gasteiger partial charge >= 0.3 is 0 Å². The van der Waals surface area contributed by atoms with Crippen LogP contribution in [-0.4, -0.2) is 61.0 Å². The maximum atomic E-state index is 12.5. The van der Waals surface area contributed by atoms with Gasteiger partial charge in [-0.05, 0) is 40.8 Å². The first-order valence-corrected chi connectivity index (χ1v) is 6.41. The van der Waals surface area contributed by atoms with Crippen LogP contribution in [0.3, 0.4) is 0 Å². The molecule has 0 radical (unpaired) electrons. The van der Waals surface area contributed by atoms with Crippen molar-refractivity contribution in [3.8, 4) is 0 Å². The topological polar surface area (TPSA) is 35.6 Å². The van der Waals surface area contributed by atoms with Crippen LogP contribution in [0.1, 0.15) is 27.7 Å². The predicted octanol–water partition coefficient (Wildman–Crippen LogP) is 0.783. The van der Waals surface area contributed by atoms with Crippen molar-refractivity contribution >= 4 is 5.91 Å². The molecule has 1 saturated heterocycles. The highest BCUT2D eigenvalue weighted by Gasteiger charge is 2.35. The van der Waals surface area contributed by atoms with E-state index in [2.05, 4.69) is 37.9 Å². The second-order valence-electron chi connectivity index (χ2n) is 6.45. The lowest BCUT2D eigenvalue weighted by molar-refractivity contribution is -0.138. The Morgan fingerprint density at radius 1 is 1.41 bits per heavy atom. The van der Waals surface area contributed by atoms with Crippen LogP contribution in [0.2, 0.25) is 0 Å². The van der Waals surface area contributed by atoms with E-state index in [4.69, 9.17) is 0 Å². The van der Waals surface area contributed by atoms with Gasteiger partial charge in [0, 0.05) is 25.2 Å². The number of amides is 1. The van der Waals surface area contributed by atoms with E-state index in [0.717, 1.165) is 19.6 Å². The molecule has 2 atom stereocenters. The van der Waals surface area contributed by atoms with E-state index < -0.39 is 0 Å². The Labute approximate surface area is 105 Å². The lowest BCUT2D eigenvalue weighted by Gasteiger charge is -2.37. The fourth-order valence-corrected chi connectivity index (χ4v) is 2.20. The molecule has 0 saturated carbocycles. The molecular weight excluding hydrogens is 214 g/mol. The van der Waals surface area contributed by atoms with Crippen molar-refractivity contribution in [1.82, 2.24) is 15.1 Å². The van der Waals surface area contributed by atoms with E-state index >= 15 is 0 Å². The Bertz CT molecular complexity index is 270. The molecule has 0 aromatic heterocycles. The van der Waals surface area contributed by atoms with Crippen molar-refractivity contribution in [2.45, 2.75) is 39.3 Å². The summed E-state index contributed by atoms with van der Waals surface area (Å²) in [5.41, 5.74) is -0.0953. The quantitative estimate of drug-likeness (QED) is 0.776. The van der Waals surface area contributed by atoms with Crippen LogP contribution in [0.15, 0.2) is 0 Å². The van der Waals surface area contributed by atoms with Gasteiger partial charge < -0.3 is 15.1 Å². The highest BCUT2D eigenvalue weighted by atomic mass is 16.2. The summed E-state index contributed by atoms with van der Waals surface area (Å²) in [5.74, 6) is 0.737. The summed E-state index contributed by atoms with van der Waals surface area (Å²) < 4.78 is 0.